The zero-order chi connectivity index (χ0) is 28.6. The summed E-state index contributed by atoms with van der Waals surface area (Å²) in [7, 11) is -3.83. The van der Waals surface area contributed by atoms with E-state index in [1.54, 1.807) is 17.2 Å². The molecule has 1 amide bonds. The molecule has 1 fully saturated rings. The lowest BCUT2D eigenvalue weighted by molar-refractivity contribution is -0.155. The van der Waals surface area contributed by atoms with E-state index in [0.717, 1.165) is 17.3 Å². The molecule has 0 saturated carbocycles. The Hall–Kier alpha value is -3.01. The molecule has 0 spiro atoms. The van der Waals surface area contributed by atoms with Crippen LogP contribution in [0.25, 0.3) is 0 Å². The second-order valence-corrected chi connectivity index (χ2v) is 12.1. The third-order valence-corrected chi connectivity index (χ3v) is 8.32. The van der Waals surface area contributed by atoms with Gasteiger partial charge in [0.25, 0.3) is 6.43 Å². The molecule has 4 heterocycles. The molecule has 0 N–H and O–H groups in total. The Kier molecular flexibility index (Phi) is 8.17. The van der Waals surface area contributed by atoms with Crippen molar-refractivity contribution in [1.82, 2.24) is 19.7 Å². The number of benzene rings is 1. The number of hydrogen-bond donors (Lipinski definition) is 0. The van der Waals surface area contributed by atoms with Crippen molar-refractivity contribution in [1.29, 1.82) is 0 Å². The predicted molar refractivity (Wildman–Crippen MR) is 137 cm³/mol. The summed E-state index contributed by atoms with van der Waals surface area (Å²) in [5.41, 5.74) is 1.09. The minimum atomic E-state index is -3.83. The van der Waals surface area contributed by atoms with Gasteiger partial charge in [-0.1, -0.05) is 0 Å². The number of rotatable bonds is 7. The molecular weight excluding hydrogens is 573 g/mol. The molecular formula is C25H27F3N4O6S2. The molecule has 0 bridgehead atoms. The summed E-state index contributed by atoms with van der Waals surface area (Å²) in [6.45, 7) is 2.24. The average molecular weight is 601 g/mol. The van der Waals surface area contributed by atoms with Crippen molar-refractivity contribution in [2.45, 2.75) is 58.2 Å². The predicted octanol–water partition coefficient (Wildman–Crippen LogP) is 4.21. The van der Waals surface area contributed by atoms with Crippen molar-refractivity contribution in [3.63, 3.8) is 0 Å². The summed E-state index contributed by atoms with van der Waals surface area (Å²) in [5.74, 6) is -0.649. The molecule has 1 saturated heterocycles. The maximum Gasteiger partial charge on any atom is 0.306 e. The molecule has 10 nitrogen and oxygen atoms in total. The van der Waals surface area contributed by atoms with Crippen LogP contribution >= 0.6 is 11.3 Å². The molecule has 216 valence electrons. The zero-order valence-corrected chi connectivity index (χ0v) is 23.3. The van der Waals surface area contributed by atoms with Gasteiger partial charge in [0.1, 0.15) is 29.5 Å². The SMILES string of the molecule is Cc1cc(C(F)F)nn1CC(=O)N1CCC(c2nc(C3OCc4c(F)ccc(OS(C)(=O)=O)c4CO3)cs2)CC1. The van der Waals surface area contributed by atoms with Crippen LogP contribution in [0.4, 0.5) is 13.2 Å². The van der Waals surface area contributed by atoms with Crippen LogP contribution in [0.15, 0.2) is 23.6 Å². The molecule has 1 unspecified atom stereocenters. The number of nitrogens with zero attached hydrogens (tertiary/aromatic N) is 4. The van der Waals surface area contributed by atoms with Crippen molar-refractivity contribution in [3.05, 3.63) is 62.6 Å². The number of aromatic nitrogens is 3. The second kappa shape index (κ2) is 11.5. The van der Waals surface area contributed by atoms with Gasteiger partial charge in [-0.05, 0) is 38.0 Å². The fraction of sp³-hybridized carbons (Fsp3) is 0.480. The Labute approximate surface area is 232 Å². The van der Waals surface area contributed by atoms with Gasteiger partial charge in [-0.2, -0.15) is 13.5 Å². The fourth-order valence-electron chi connectivity index (χ4n) is 4.74. The second-order valence-electron chi connectivity index (χ2n) is 9.68. The third kappa shape index (κ3) is 6.32. The largest absolute Gasteiger partial charge is 0.382 e. The van der Waals surface area contributed by atoms with Gasteiger partial charge in [-0.3, -0.25) is 9.48 Å². The number of carbonyl (C=O) groups is 1. The maximum atomic E-state index is 14.5. The number of piperidine rings is 1. The zero-order valence-electron chi connectivity index (χ0n) is 21.7. The molecule has 0 aliphatic carbocycles. The van der Waals surface area contributed by atoms with E-state index in [-0.39, 0.29) is 54.2 Å². The Morgan fingerprint density at radius 1 is 1.20 bits per heavy atom. The van der Waals surface area contributed by atoms with Gasteiger partial charge in [0.15, 0.2) is 0 Å². The molecule has 5 rings (SSSR count). The maximum absolute atomic E-state index is 14.5. The number of ether oxygens (including phenoxy) is 2. The van der Waals surface area contributed by atoms with Gasteiger partial charge >= 0.3 is 10.1 Å². The number of amides is 1. The van der Waals surface area contributed by atoms with E-state index < -0.39 is 28.7 Å². The summed E-state index contributed by atoms with van der Waals surface area (Å²) in [6, 6.07) is 3.65. The lowest BCUT2D eigenvalue weighted by Gasteiger charge is -2.31. The summed E-state index contributed by atoms with van der Waals surface area (Å²) in [6.07, 6.45) is -1.32. The van der Waals surface area contributed by atoms with Gasteiger partial charge in [0.05, 0.1) is 24.5 Å². The number of fused-ring (bicyclic) bond motifs is 1. The molecule has 2 aliphatic heterocycles. The van der Waals surface area contributed by atoms with E-state index in [4.69, 9.17) is 18.6 Å². The van der Waals surface area contributed by atoms with Crippen LogP contribution in [-0.2, 0) is 44.1 Å². The number of thiazole rings is 1. The van der Waals surface area contributed by atoms with E-state index in [0.29, 0.717) is 37.3 Å². The molecule has 1 aromatic carbocycles. The van der Waals surface area contributed by atoms with Crippen LogP contribution in [0, 0.1) is 12.7 Å². The minimum absolute atomic E-state index is 0.0133. The Bertz CT molecular complexity index is 1500. The summed E-state index contributed by atoms with van der Waals surface area (Å²) >= 11 is 1.44. The summed E-state index contributed by atoms with van der Waals surface area (Å²) < 4.78 is 81.5. The smallest absolute Gasteiger partial charge is 0.306 e. The van der Waals surface area contributed by atoms with E-state index in [1.165, 1.54) is 28.2 Å². The van der Waals surface area contributed by atoms with Crippen molar-refractivity contribution >= 4 is 27.4 Å². The van der Waals surface area contributed by atoms with Crippen molar-refractivity contribution in [3.8, 4) is 5.75 Å². The number of hydrogen-bond acceptors (Lipinski definition) is 9. The first-order valence-corrected chi connectivity index (χ1v) is 15.2. The lowest BCUT2D eigenvalue weighted by Crippen LogP contribution is -2.40. The highest BCUT2D eigenvalue weighted by molar-refractivity contribution is 7.86. The number of carbonyl (C=O) groups excluding carboxylic acids is 1. The fourth-order valence-corrected chi connectivity index (χ4v) is 6.21. The Morgan fingerprint density at radius 3 is 2.55 bits per heavy atom. The van der Waals surface area contributed by atoms with Crippen LogP contribution in [-0.4, -0.2) is 53.3 Å². The highest BCUT2D eigenvalue weighted by atomic mass is 32.2. The normalized spacial score (nSPS) is 18.6. The molecule has 40 heavy (non-hydrogen) atoms. The van der Waals surface area contributed by atoms with E-state index in [1.807, 2.05) is 0 Å². The van der Waals surface area contributed by atoms with E-state index in [2.05, 4.69) is 5.10 Å². The minimum Gasteiger partial charge on any atom is -0.382 e. The number of alkyl halides is 2. The highest BCUT2D eigenvalue weighted by Crippen LogP contribution is 2.37. The van der Waals surface area contributed by atoms with Crippen molar-refractivity contribution < 1.29 is 40.0 Å². The molecule has 2 aliphatic rings. The van der Waals surface area contributed by atoms with Crippen molar-refractivity contribution in [2.75, 3.05) is 19.3 Å². The third-order valence-electron chi connectivity index (χ3n) is 6.82. The van der Waals surface area contributed by atoms with Crippen LogP contribution in [0.5, 0.6) is 5.75 Å². The van der Waals surface area contributed by atoms with Gasteiger partial charge in [0.2, 0.25) is 12.2 Å². The van der Waals surface area contributed by atoms with E-state index >= 15 is 0 Å². The Balaban J connectivity index is 1.19. The topological polar surface area (TPSA) is 113 Å². The molecule has 2 aromatic heterocycles. The Morgan fingerprint density at radius 2 is 1.90 bits per heavy atom. The van der Waals surface area contributed by atoms with Crippen LogP contribution < -0.4 is 4.18 Å². The van der Waals surface area contributed by atoms with E-state index in [9.17, 15) is 26.4 Å². The summed E-state index contributed by atoms with van der Waals surface area (Å²) in [4.78, 5) is 19.2. The molecule has 15 heteroatoms. The van der Waals surface area contributed by atoms with Gasteiger partial charge in [-0.15, -0.1) is 11.3 Å². The van der Waals surface area contributed by atoms with Gasteiger partial charge in [-0.25, -0.2) is 18.2 Å². The summed E-state index contributed by atoms with van der Waals surface area (Å²) in [5, 5.41) is 6.49. The molecule has 0 radical (unpaired) electrons. The molecule has 3 aromatic rings. The van der Waals surface area contributed by atoms with Gasteiger partial charge < -0.3 is 18.6 Å². The first-order chi connectivity index (χ1) is 19.0. The van der Waals surface area contributed by atoms with Crippen molar-refractivity contribution in [2.24, 2.45) is 0 Å². The number of likely N-dealkylation sites (tertiary alicyclic amines) is 1. The van der Waals surface area contributed by atoms with Gasteiger partial charge in [0, 0.05) is 41.2 Å². The molecule has 1 atom stereocenters. The monoisotopic (exact) mass is 600 g/mol. The first kappa shape index (κ1) is 28.5. The average Bonchev–Trinajstić information content (AvgIpc) is 3.46. The quantitative estimate of drug-likeness (QED) is 0.371. The number of halogens is 3. The first-order valence-electron chi connectivity index (χ1n) is 12.5. The van der Waals surface area contributed by atoms with Crippen LogP contribution in [0.2, 0.25) is 0 Å². The van der Waals surface area contributed by atoms with Crippen LogP contribution in [0.1, 0.15) is 64.7 Å². The standard InChI is InChI=1S/C25H27F3N4O6S2/c1-14-9-19(23(27)28)30-32(14)10-22(33)31-7-5-15(6-8-31)24-29-20(13-39-24)25-36-11-16-17(12-37-25)21(4-3-18(16)26)38-40(2,34)35/h3-4,9,13,15,23,25H,5-8,10-12H2,1-2H3. The highest BCUT2D eigenvalue weighted by Gasteiger charge is 2.30. The van der Waals surface area contributed by atoms with Crippen LogP contribution in [0.3, 0.4) is 0 Å². The number of aryl methyl sites for hydroxylation is 1. The lowest BCUT2D eigenvalue weighted by atomic mass is 9.97.